The van der Waals surface area contributed by atoms with Crippen LogP contribution in [0.15, 0.2) is 24.3 Å². The molecule has 0 heterocycles. The minimum absolute atomic E-state index is 0.549. The summed E-state index contributed by atoms with van der Waals surface area (Å²) >= 11 is 0. The Bertz CT molecular complexity index is 555. The highest BCUT2D eigenvalue weighted by molar-refractivity contribution is 5.75. The van der Waals surface area contributed by atoms with Crippen molar-refractivity contribution in [1.82, 2.24) is 0 Å². The lowest BCUT2D eigenvalue weighted by atomic mass is 9.88. The Balaban J connectivity index is 2.65. The van der Waals surface area contributed by atoms with E-state index >= 15 is 0 Å². The molecule has 2 atom stereocenters. The molecule has 0 aliphatic carbocycles. The number of hydrogen-bond donors (Lipinski definition) is 2. The molecule has 0 aliphatic heterocycles. The van der Waals surface area contributed by atoms with Gasteiger partial charge in [0.1, 0.15) is 0 Å². The first-order valence-electron chi connectivity index (χ1n) is 7.50. The predicted octanol–water partition coefficient (Wildman–Crippen LogP) is 3.51. The molecule has 2 N–H and O–H groups in total. The van der Waals surface area contributed by atoms with Crippen molar-refractivity contribution < 1.29 is 9.90 Å². The molecule has 22 heavy (non-hydrogen) atoms. The van der Waals surface area contributed by atoms with Gasteiger partial charge in [-0.25, -0.2) is 0 Å². The smallest absolute Gasteiger partial charge is 0.322 e. The summed E-state index contributed by atoms with van der Waals surface area (Å²) in [7, 11) is 0. The number of nitrogens with one attached hydrogen (secondary N) is 1. The minimum Gasteiger partial charge on any atom is -0.480 e. The molecule has 0 saturated heterocycles. The van der Waals surface area contributed by atoms with Crippen molar-refractivity contribution in [2.75, 3.05) is 11.9 Å². The first-order valence-corrected chi connectivity index (χ1v) is 7.50. The fourth-order valence-corrected chi connectivity index (χ4v) is 2.21. The summed E-state index contributed by atoms with van der Waals surface area (Å²) in [4.78, 5) is 11.0. The number of rotatable bonds is 9. The standard InChI is InChI=1S/C17H21N3O2/c1-2-3-4-5-10-20-14-8-6-13(7-9-14)15(11-18)16(12-19)17(21)22/h6-9,15-16,20H,2-5,10H2,1H3,(H,21,22). The molecule has 0 aliphatic rings. The van der Waals surface area contributed by atoms with Gasteiger partial charge in [0.05, 0.1) is 18.1 Å². The lowest BCUT2D eigenvalue weighted by molar-refractivity contribution is -0.140. The van der Waals surface area contributed by atoms with Gasteiger partial charge in [0, 0.05) is 12.2 Å². The maximum atomic E-state index is 11.0. The molecular formula is C17H21N3O2. The number of benzene rings is 1. The van der Waals surface area contributed by atoms with Gasteiger partial charge < -0.3 is 10.4 Å². The van der Waals surface area contributed by atoms with Gasteiger partial charge in [-0.1, -0.05) is 38.3 Å². The summed E-state index contributed by atoms with van der Waals surface area (Å²) in [5.74, 6) is -3.58. The lowest BCUT2D eigenvalue weighted by Gasteiger charge is -2.13. The van der Waals surface area contributed by atoms with E-state index in [9.17, 15) is 4.79 Å². The van der Waals surface area contributed by atoms with Crippen LogP contribution in [0.25, 0.3) is 0 Å². The third kappa shape index (κ3) is 5.10. The summed E-state index contributed by atoms with van der Waals surface area (Å²) in [6, 6.07) is 10.6. The van der Waals surface area contributed by atoms with Gasteiger partial charge >= 0.3 is 5.97 Å². The molecule has 5 nitrogen and oxygen atoms in total. The molecule has 1 rings (SSSR count). The number of unbranched alkanes of at least 4 members (excludes halogenated alkanes) is 3. The number of carboxylic acid groups (broad SMARTS) is 1. The lowest BCUT2D eigenvalue weighted by Crippen LogP contribution is -2.19. The number of carboxylic acids is 1. The molecule has 0 saturated carbocycles. The van der Waals surface area contributed by atoms with E-state index in [-0.39, 0.29) is 0 Å². The van der Waals surface area contributed by atoms with Crippen molar-refractivity contribution in [3.05, 3.63) is 29.8 Å². The monoisotopic (exact) mass is 299 g/mol. The molecule has 0 radical (unpaired) electrons. The number of aliphatic carboxylic acids is 1. The van der Waals surface area contributed by atoms with Crippen LogP contribution >= 0.6 is 0 Å². The van der Waals surface area contributed by atoms with Crippen LogP contribution in [0.1, 0.15) is 44.1 Å². The highest BCUT2D eigenvalue weighted by atomic mass is 16.4. The molecule has 0 aromatic heterocycles. The summed E-state index contributed by atoms with van der Waals surface area (Å²) in [6.45, 7) is 3.06. The Morgan fingerprint density at radius 3 is 2.36 bits per heavy atom. The zero-order chi connectivity index (χ0) is 16.4. The van der Waals surface area contributed by atoms with Gasteiger partial charge in [-0.15, -0.1) is 0 Å². The van der Waals surface area contributed by atoms with Crippen LogP contribution in [0.4, 0.5) is 5.69 Å². The second-order valence-corrected chi connectivity index (χ2v) is 5.16. The average molecular weight is 299 g/mol. The molecule has 0 fully saturated rings. The largest absolute Gasteiger partial charge is 0.480 e. The van der Waals surface area contributed by atoms with Crippen LogP contribution in [-0.4, -0.2) is 17.6 Å². The summed E-state index contributed by atoms with van der Waals surface area (Å²) in [5.41, 5.74) is 1.48. The molecule has 5 heteroatoms. The Labute approximate surface area is 131 Å². The van der Waals surface area contributed by atoms with Crippen LogP contribution in [0.3, 0.4) is 0 Å². The fourth-order valence-electron chi connectivity index (χ4n) is 2.21. The Hall–Kier alpha value is -2.53. The van der Waals surface area contributed by atoms with Crippen LogP contribution < -0.4 is 5.32 Å². The second kappa shape index (κ2) is 9.41. The van der Waals surface area contributed by atoms with Crippen LogP contribution in [-0.2, 0) is 4.79 Å². The molecule has 0 spiro atoms. The molecule has 1 aromatic carbocycles. The van der Waals surface area contributed by atoms with E-state index in [1.165, 1.54) is 19.3 Å². The normalized spacial score (nSPS) is 12.7. The van der Waals surface area contributed by atoms with Crippen LogP contribution in [0.5, 0.6) is 0 Å². The third-order valence-electron chi connectivity index (χ3n) is 3.51. The molecular weight excluding hydrogens is 278 g/mol. The van der Waals surface area contributed by atoms with E-state index in [2.05, 4.69) is 12.2 Å². The first-order chi connectivity index (χ1) is 10.6. The number of anilines is 1. The van der Waals surface area contributed by atoms with Crippen LogP contribution in [0.2, 0.25) is 0 Å². The van der Waals surface area contributed by atoms with E-state index in [0.29, 0.717) is 5.56 Å². The predicted molar refractivity (Wildman–Crippen MR) is 84.2 cm³/mol. The van der Waals surface area contributed by atoms with Gasteiger partial charge in [-0.05, 0) is 24.1 Å². The van der Waals surface area contributed by atoms with Crippen molar-refractivity contribution in [1.29, 1.82) is 10.5 Å². The average Bonchev–Trinajstić information content (AvgIpc) is 2.52. The van der Waals surface area contributed by atoms with E-state index in [0.717, 1.165) is 18.7 Å². The van der Waals surface area contributed by atoms with Crippen LogP contribution in [0, 0.1) is 28.6 Å². The zero-order valence-electron chi connectivity index (χ0n) is 12.7. The van der Waals surface area contributed by atoms with E-state index in [1.807, 2.05) is 18.2 Å². The number of nitriles is 2. The van der Waals surface area contributed by atoms with Crippen molar-refractivity contribution >= 4 is 11.7 Å². The maximum absolute atomic E-state index is 11.0. The Morgan fingerprint density at radius 1 is 1.18 bits per heavy atom. The zero-order valence-corrected chi connectivity index (χ0v) is 12.7. The highest BCUT2D eigenvalue weighted by Gasteiger charge is 2.29. The quantitative estimate of drug-likeness (QED) is 0.680. The fraction of sp³-hybridized carbons (Fsp3) is 0.471. The molecule has 2 unspecified atom stereocenters. The SMILES string of the molecule is CCCCCCNc1ccc(C(C#N)C(C#N)C(=O)O)cc1. The van der Waals surface area contributed by atoms with Crippen molar-refractivity contribution in [2.45, 2.75) is 38.5 Å². The molecule has 0 amide bonds. The highest BCUT2D eigenvalue weighted by Crippen LogP contribution is 2.25. The second-order valence-electron chi connectivity index (χ2n) is 5.16. The van der Waals surface area contributed by atoms with Gasteiger partial charge in [-0.2, -0.15) is 10.5 Å². The maximum Gasteiger partial charge on any atom is 0.322 e. The summed E-state index contributed by atoms with van der Waals surface area (Å²) < 4.78 is 0. The van der Waals surface area contributed by atoms with Gasteiger partial charge in [0.25, 0.3) is 0 Å². The summed E-state index contributed by atoms with van der Waals surface area (Å²) in [6.07, 6.45) is 4.73. The molecule has 1 aromatic rings. The first kappa shape index (κ1) is 17.5. The number of carbonyl (C=O) groups is 1. The third-order valence-corrected chi connectivity index (χ3v) is 3.51. The van der Waals surface area contributed by atoms with E-state index < -0.39 is 17.8 Å². The Kier molecular flexibility index (Phi) is 7.50. The molecule has 0 bridgehead atoms. The van der Waals surface area contributed by atoms with Gasteiger partial charge in [0.15, 0.2) is 5.92 Å². The molecule has 116 valence electrons. The van der Waals surface area contributed by atoms with Crippen molar-refractivity contribution in [3.63, 3.8) is 0 Å². The topological polar surface area (TPSA) is 96.9 Å². The number of nitrogens with zero attached hydrogens (tertiary/aromatic N) is 2. The van der Waals surface area contributed by atoms with Crippen molar-refractivity contribution in [2.24, 2.45) is 5.92 Å². The van der Waals surface area contributed by atoms with Gasteiger partial charge in [-0.3, -0.25) is 4.79 Å². The summed E-state index contributed by atoms with van der Waals surface area (Å²) in [5, 5.41) is 30.3. The van der Waals surface area contributed by atoms with Gasteiger partial charge in [0.2, 0.25) is 0 Å². The van der Waals surface area contributed by atoms with E-state index in [1.54, 1.807) is 18.2 Å². The van der Waals surface area contributed by atoms with Crippen molar-refractivity contribution in [3.8, 4) is 12.1 Å². The van der Waals surface area contributed by atoms with E-state index in [4.69, 9.17) is 15.6 Å². The Morgan fingerprint density at radius 2 is 1.86 bits per heavy atom. The number of hydrogen-bond acceptors (Lipinski definition) is 4. The minimum atomic E-state index is -1.35.